The van der Waals surface area contributed by atoms with Gasteiger partial charge in [0.25, 0.3) is 11.8 Å². The highest BCUT2D eigenvalue weighted by Gasteiger charge is 2.43. The maximum Gasteiger partial charge on any atom is 0.262 e. The molecule has 1 N–H and O–H groups in total. The van der Waals surface area contributed by atoms with Gasteiger partial charge in [-0.15, -0.1) is 0 Å². The van der Waals surface area contributed by atoms with E-state index in [2.05, 4.69) is 5.32 Å². The molecule has 236 valence electrons. The number of imide groups is 1. The lowest BCUT2D eigenvalue weighted by Crippen LogP contribution is -2.48. The normalized spacial score (nSPS) is 14.3. The van der Waals surface area contributed by atoms with Gasteiger partial charge in [0.2, 0.25) is 5.91 Å². The van der Waals surface area contributed by atoms with Crippen LogP contribution in [0.3, 0.4) is 0 Å². The maximum atomic E-state index is 12.9. The summed E-state index contributed by atoms with van der Waals surface area (Å²) < 4.78 is 23.3. The minimum Gasteiger partial charge on any atom is -0.375 e. The molecule has 0 saturated carbocycles. The number of hydrogen-bond donors (Lipinski definition) is 1. The van der Waals surface area contributed by atoms with E-state index >= 15 is 0 Å². The van der Waals surface area contributed by atoms with Gasteiger partial charge in [-0.25, -0.2) is 0 Å². The molecule has 1 aliphatic heterocycles. The van der Waals surface area contributed by atoms with Crippen molar-refractivity contribution >= 4 is 24.0 Å². The van der Waals surface area contributed by atoms with Gasteiger partial charge < -0.3 is 29.1 Å². The average molecular weight is 591 g/mol. The molecule has 0 radical (unpaired) electrons. The Bertz CT molecular complexity index is 1050. The molecule has 0 fully saturated rings. The Balaban J connectivity index is 1.68. The molecule has 0 spiro atoms. The zero-order valence-electron chi connectivity index (χ0n) is 26.7. The zero-order valence-corrected chi connectivity index (χ0v) is 26.7. The van der Waals surface area contributed by atoms with Crippen LogP contribution in [0.15, 0.2) is 24.3 Å². The van der Waals surface area contributed by atoms with Crippen molar-refractivity contribution < 1.29 is 38.1 Å². The third-order valence-electron chi connectivity index (χ3n) is 7.47. The highest BCUT2D eigenvalue weighted by molar-refractivity contribution is 6.21. The van der Waals surface area contributed by atoms with Gasteiger partial charge in [0.05, 0.1) is 41.1 Å². The van der Waals surface area contributed by atoms with Crippen LogP contribution in [0.25, 0.3) is 0 Å². The van der Waals surface area contributed by atoms with E-state index < -0.39 is 22.3 Å². The molecule has 1 heterocycles. The molecule has 10 heteroatoms. The van der Waals surface area contributed by atoms with E-state index in [0.717, 1.165) is 0 Å². The van der Waals surface area contributed by atoms with Gasteiger partial charge in [-0.1, -0.05) is 12.1 Å². The van der Waals surface area contributed by atoms with Gasteiger partial charge >= 0.3 is 0 Å². The third-order valence-corrected chi connectivity index (χ3v) is 7.47. The maximum absolute atomic E-state index is 12.9. The summed E-state index contributed by atoms with van der Waals surface area (Å²) >= 11 is 0. The van der Waals surface area contributed by atoms with Crippen LogP contribution in [-0.4, -0.2) is 90.8 Å². The van der Waals surface area contributed by atoms with Gasteiger partial charge in [-0.3, -0.25) is 19.3 Å². The van der Waals surface area contributed by atoms with E-state index in [9.17, 15) is 19.2 Å². The lowest BCUT2D eigenvalue weighted by atomic mass is 9.98. The molecule has 10 nitrogen and oxygen atoms in total. The highest BCUT2D eigenvalue weighted by atomic mass is 16.5. The van der Waals surface area contributed by atoms with Crippen molar-refractivity contribution in [1.82, 2.24) is 10.2 Å². The van der Waals surface area contributed by atoms with Crippen LogP contribution < -0.4 is 5.32 Å². The summed E-state index contributed by atoms with van der Waals surface area (Å²) in [5.74, 6) is -0.778. The number of fused-ring (bicyclic) bond motifs is 1. The van der Waals surface area contributed by atoms with Crippen molar-refractivity contribution in [3.63, 3.8) is 0 Å². The zero-order chi connectivity index (χ0) is 31.6. The Morgan fingerprint density at radius 3 is 1.69 bits per heavy atom. The second kappa shape index (κ2) is 15.2. The molecule has 1 aliphatic rings. The topological polar surface area (TPSA) is 120 Å². The minimum absolute atomic E-state index is 0.0933. The number of benzene rings is 1. The largest absolute Gasteiger partial charge is 0.375 e. The Labute approximate surface area is 250 Å². The third kappa shape index (κ3) is 11.2. The number of ether oxygens (including phenoxy) is 4. The van der Waals surface area contributed by atoms with E-state index in [4.69, 9.17) is 18.9 Å². The van der Waals surface area contributed by atoms with Crippen LogP contribution >= 0.6 is 0 Å². The summed E-state index contributed by atoms with van der Waals surface area (Å²) in [4.78, 5) is 49.1. The van der Waals surface area contributed by atoms with Crippen molar-refractivity contribution in [2.75, 3.05) is 39.6 Å². The summed E-state index contributed by atoms with van der Waals surface area (Å²) in [5.41, 5.74) is -1.06. The molecular formula is C32H50N2O8. The molecule has 0 aliphatic carbocycles. The smallest absolute Gasteiger partial charge is 0.262 e. The van der Waals surface area contributed by atoms with E-state index in [0.29, 0.717) is 69.5 Å². The van der Waals surface area contributed by atoms with Crippen molar-refractivity contribution in [3.05, 3.63) is 35.4 Å². The molecular weight excluding hydrogens is 540 g/mol. The Morgan fingerprint density at radius 1 is 0.762 bits per heavy atom. The Morgan fingerprint density at radius 2 is 1.21 bits per heavy atom. The summed E-state index contributed by atoms with van der Waals surface area (Å²) in [6.45, 7) is 17.4. The number of rotatable bonds is 20. The monoisotopic (exact) mass is 590 g/mol. The summed E-state index contributed by atoms with van der Waals surface area (Å²) in [7, 11) is 0. The van der Waals surface area contributed by atoms with Gasteiger partial charge in [0.1, 0.15) is 19.5 Å². The summed E-state index contributed by atoms with van der Waals surface area (Å²) in [6, 6.07) is 6.93. The second-order valence-corrected chi connectivity index (χ2v) is 13.2. The van der Waals surface area contributed by atoms with Crippen LogP contribution in [0.1, 0.15) is 102 Å². The van der Waals surface area contributed by atoms with Crippen LogP contribution in [-0.2, 0) is 28.5 Å². The Kier molecular flexibility index (Phi) is 12.8. The predicted molar refractivity (Wildman–Crippen MR) is 159 cm³/mol. The van der Waals surface area contributed by atoms with E-state index in [1.54, 1.807) is 24.3 Å². The van der Waals surface area contributed by atoms with Gasteiger partial charge in [0.15, 0.2) is 0 Å². The standard InChI is InChI=1S/C32H50N2O8/c1-29(2,34-27(37)24-11-9-10-12-25(24)28(34)38)14-19-40-31(5,6)16-21-42-32(7,8)15-20-41-30(3,4)13-17-33-26(36)23-39-22-18-35/h9-12,18H,13-17,19-23H2,1-8H3,(H,33,36). The van der Waals surface area contributed by atoms with Gasteiger partial charge in [-0.05, 0) is 93.2 Å². The fourth-order valence-corrected chi connectivity index (χ4v) is 4.54. The molecule has 2 rings (SSSR count). The number of amides is 3. The van der Waals surface area contributed by atoms with Crippen LogP contribution in [0.4, 0.5) is 0 Å². The molecule has 0 unspecified atom stereocenters. The molecule has 42 heavy (non-hydrogen) atoms. The predicted octanol–water partition coefficient (Wildman–Crippen LogP) is 4.34. The summed E-state index contributed by atoms with van der Waals surface area (Å²) in [5, 5.41) is 2.76. The van der Waals surface area contributed by atoms with Gasteiger partial charge in [0, 0.05) is 18.7 Å². The van der Waals surface area contributed by atoms with E-state index in [1.165, 1.54) is 4.90 Å². The van der Waals surface area contributed by atoms with Crippen molar-refractivity contribution in [1.29, 1.82) is 0 Å². The molecule has 1 aromatic carbocycles. The molecule has 3 amide bonds. The van der Waals surface area contributed by atoms with Crippen LogP contribution in [0, 0.1) is 0 Å². The number of carbonyl (C=O) groups is 4. The van der Waals surface area contributed by atoms with Crippen molar-refractivity contribution in [2.45, 2.75) is 103 Å². The van der Waals surface area contributed by atoms with E-state index in [1.807, 2.05) is 55.4 Å². The number of aldehydes is 1. The SMILES string of the molecule is CC(C)(CCNC(=O)COCC=O)OCCC(C)(C)OCCC(C)(C)OCCC(C)(C)N1C(=O)c2ccccc2C1=O. The minimum atomic E-state index is -0.688. The Hall–Kier alpha value is -2.66. The molecule has 0 atom stereocenters. The van der Waals surface area contributed by atoms with Crippen molar-refractivity contribution in [3.8, 4) is 0 Å². The fraction of sp³-hybridized carbons (Fsp3) is 0.688. The lowest BCUT2D eigenvalue weighted by Gasteiger charge is -2.35. The van der Waals surface area contributed by atoms with Crippen LogP contribution in [0.2, 0.25) is 0 Å². The first-order chi connectivity index (χ1) is 19.5. The first kappa shape index (κ1) is 35.5. The highest BCUT2D eigenvalue weighted by Crippen LogP contribution is 2.32. The van der Waals surface area contributed by atoms with Crippen molar-refractivity contribution in [2.24, 2.45) is 0 Å². The lowest BCUT2D eigenvalue weighted by molar-refractivity contribution is -0.127. The molecule has 0 aromatic heterocycles. The first-order valence-corrected chi connectivity index (χ1v) is 14.7. The first-order valence-electron chi connectivity index (χ1n) is 14.7. The average Bonchev–Trinajstić information content (AvgIpc) is 3.13. The molecule has 1 aromatic rings. The fourth-order valence-electron chi connectivity index (χ4n) is 4.54. The van der Waals surface area contributed by atoms with Crippen LogP contribution in [0.5, 0.6) is 0 Å². The summed E-state index contributed by atoms with van der Waals surface area (Å²) in [6.07, 6.45) is 3.11. The molecule has 0 saturated heterocycles. The quantitative estimate of drug-likeness (QED) is 0.135. The number of nitrogens with one attached hydrogen (secondary N) is 1. The number of hydrogen-bond acceptors (Lipinski definition) is 8. The molecule has 0 bridgehead atoms. The number of carbonyl (C=O) groups excluding carboxylic acids is 4. The van der Waals surface area contributed by atoms with Gasteiger partial charge in [-0.2, -0.15) is 0 Å². The number of nitrogens with zero attached hydrogens (tertiary/aromatic N) is 1. The second-order valence-electron chi connectivity index (χ2n) is 13.2. The van der Waals surface area contributed by atoms with E-state index in [-0.39, 0.29) is 30.9 Å².